The lowest BCUT2D eigenvalue weighted by atomic mass is 9.84. The molecule has 0 aromatic heterocycles. The fourth-order valence-corrected chi connectivity index (χ4v) is 7.06. The second kappa shape index (κ2) is 17.7. The highest BCUT2D eigenvalue weighted by atomic mass is 35.5. The number of carbonyl (C=O) groups is 3. The van der Waals surface area contributed by atoms with Crippen molar-refractivity contribution in [1.82, 2.24) is 15.5 Å². The summed E-state index contributed by atoms with van der Waals surface area (Å²) >= 11 is 6.22. The minimum atomic E-state index is -4.09. The number of hydrogen-bond donors (Lipinski definition) is 4. The van der Waals surface area contributed by atoms with Crippen molar-refractivity contribution < 1.29 is 38.2 Å². The van der Waals surface area contributed by atoms with Crippen LogP contribution in [-0.4, -0.2) is 77.8 Å². The van der Waals surface area contributed by atoms with Crippen molar-refractivity contribution in [2.75, 3.05) is 26.8 Å². The molecule has 0 bridgehead atoms. The second-order valence-corrected chi connectivity index (χ2v) is 12.9. The van der Waals surface area contributed by atoms with Gasteiger partial charge in [-0.2, -0.15) is 0 Å². The number of amides is 3. The number of rotatable bonds is 17. The first kappa shape index (κ1) is 35.0. The number of carbonyl (C=O) groups excluding carboxylic acids is 2. The van der Waals surface area contributed by atoms with Crippen LogP contribution in [0.2, 0.25) is 5.02 Å². The quantitative estimate of drug-likeness (QED) is 0.182. The van der Waals surface area contributed by atoms with E-state index in [1.54, 1.807) is 27.0 Å². The number of aliphatic hydroxyl groups excluding tert-OH is 1. The zero-order valence-electron chi connectivity index (χ0n) is 24.2. The van der Waals surface area contributed by atoms with E-state index >= 15 is 0 Å². The van der Waals surface area contributed by atoms with Crippen LogP contribution in [0.15, 0.2) is 24.3 Å². The van der Waals surface area contributed by atoms with E-state index in [4.69, 9.17) is 20.6 Å². The van der Waals surface area contributed by atoms with Gasteiger partial charge in [0.2, 0.25) is 11.8 Å². The van der Waals surface area contributed by atoms with Gasteiger partial charge < -0.3 is 34.8 Å². The largest absolute Gasteiger partial charge is 0.465 e. The number of likely N-dealkylation sites (N-methyl/N-ethyl adjacent to an activating group) is 1. The van der Waals surface area contributed by atoms with Gasteiger partial charge >= 0.3 is 13.7 Å². The Morgan fingerprint density at radius 3 is 2.32 bits per heavy atom. The molecule has 1 aliphatic rings. The molecule has 3 unspecified atom stereocenters. The number of benzene rings is 1. The smallest absolute Gasteiger partial charge is 0.405 e. The van der Waals surface area contributed by atoms with Gasteiger partial charge in [0, 0.05) is 25.0 Å². The molecule has 3 amide bonds. The van der Waals surface area contributed by atoms with E-state index in [0.29, 0.717) is 24.4 Å². The molecule has 232 valence electrons. The van der Waals surface area contributed by atoms with Crippen molar-refractivity contribution in [3.8, 4) is 0 Å². The van der Waals surface area contributed by atoms with Crippen LogP contribution in [0.3, 0.4) is 0 Å². The average Bonchev–Trinajstić information content (AvgIpc) is 2.94. The molecule has 1 aromatic carbocycles. The minimum Gasteiger partial charge on any atom is -0.465 e. The van der Waals surface area contributed by atoms with Gasteiger partial charge in [0.25, 0.3) is 0 Å². The molecule has 3 atom stereocenters. The van der Waals surface area contributed by atoms with Gasteiger partial charge in [-0.05, 0) is 50.7 Å². The highest BCUT2D eigenvalue weighted by Crippen LogP contribution is 2.53. The number of nitrogens with one attached hydrogen (secondary N) is 2. The summed E-state index contributed by atoms with van der Waals surface area (Å²) in [7, 11) is -2.45. The van der Waals surface area contributed by atoms with Crippen molar-refractivity contribution in [2.45, 2.75) is 89.6 Å². The normalized spacial score (nSPS) is 16.4. The molecule has 0 heterocycles. The first-order valence-corrected chi connectivity index (χ1v) is 16.3. The van der Waals surface area contributed by atoms with Crippen LogP contribution in [0.5, 0.6) is 0 Å². The summed E-state index contributed by atoms with van der Waals surface area (Å²) in [4.78, 5) is 39.4. The van der Waals surface area contributed by atoms with Crippen LogP contribution in [0, 0.1) is 5.92 Å². The molecule has 1 saturated carbocycles. The highest BCUT2D eigenvalue weighted by Gasteiger charge is 2.41. The van der Waals surface area contributed by atoms with Crippen LogP contribution >= 0.6 is 19.2 Å². The Balaban J connectivity index is 2.16. The predicted molar refractivity (Wildman–Crippen MR) is 157 cm³/mol. The Kier molecular flexibility index (Phi) is 15.1. The Bertz CT molecular complexity index is 1030. The van der Waals surface area contributed by atoms with Crippen molar-refractivity contribution in [3.63, 3.8) is 0 Å². The predicted octanol–water partition coefficient (Wildman–Crippen LogP) is 4.80. The average molecular weight is 618 g/mol. The molecule has 13 heteroatoms. The number of nitrogens with zero attached hydrogens (tertiary/aromatic N) is 1. The Hall–Kier alpha value is -2.17. The Morgan fingerprint density at radius 1 is 1.10 bits per heavy atom. The molecule has 41 heavy (non-hydrogen) atoms. The molecule has 11 nitrogen and oxygen atoms in total. The molecule has 1 aliphatic carbocycles. The SMILES string of the molecule is CCOP(=O)(OCC)C(O)C(CCC(=O)N(C)CCc1ccccc1Cl)NC(=O)C(CC1CCCCC1)NC(=O)O. The van der Waals surface area contributed by atoms with E-state index in [2.05, 4.69) is 10.6 Å². The summed E-state index contributed by atoms with van der Waals surface area (Å²) in [6, 6.07) is 5.09. The van der Waals surface area contributed by atoms with Crippen molar-refractivity contribution >= 4 is 37.1 Å². The lowest BCUT2D eigenvalue weighted by Gasteiger charge is -2.32. The van der Waals surface area contributed by atoms with E-state index in [9.17, 15) is 29.2 Å². The third kappa shape index (κ3) is 11.6. The summed E-state index contributed by atoms with van der Waals surface area (Å²) < 4.78 is 24.0. The molecular weight excluding hydrogens is 573 g/mol. The van der Waals surface area contributed by atoms with Crippen molar-refractivity contribution in [2.24, 2.45) is 5.92 Å². The topological polar surface area (TPSA) is 154 Å². The highest BCUT2D eigenvalue weighted by molar-refractivity contribution is 7.54. The van der Waals surface area contributed by atoms with Gasteiger partial charge in [0.15, 0.2) is 5.85 Å². The van der Waals surface area contributed by atoms with Crippen LogP contribution in [0.1, 0.15) is 70.8 Å². The Morgan fingerprint density at radius 2 is 1.73 bits per heavy atom. The lowest BCUT2D eigenvalue weighted by molar-refractivity contribution is -0.131. The van der Waals surface area contributed by atoms with Gasteiger partial charge in [0.1, 0.15) is 6.04 Å². The summed E-state index contributed by atoms with van der Waals surface area (Å²) in [6.07, 6.45) is 4.29. The maximum Gasteiger partial charge on any atom is 0.405 e. The third-order valence-electron chi connectivity index (χ3n) is 7.31. The van der Waals surface area contributed by atoms with E-state index in [1.807, 2.05) is 18.2 Å². The third-order valence-corrected chi connectivity index (χ3v) is 9.92. The summed E-state index contributed by atoms with van der Waals surface area (Å²) in [5.74, 6) is -2.51. The minimum absolute atomic E-state index is 0.0103. The summed E-state index contributed by atoms with van der Waals surface area (Å²) in [6.45, 7) is 3.57. The lowest BCUT2D eigenvalue weighted by Crippen LogP contribution is -2.53. The van der Waals surface area contributed by atoms with Crippen molar-refractivity contribution in [1.29, 1.82) is 0 Å². The van der Waals surface area contributed by atoms with Crippen molar-refractivity contribution in [3.05, 3.63) is 34.9 Å². The van der Waals surface area contributed by atoms with Crippen LogP contribution in [0.4, 0.5) is 4.79 Å². The maximum absolute atomic E-state index is 13.4. The number of carboxylic acid groups (broad SMARTS) is 1. The zero-order valence-corrected chi connectivity index (χ0v) is 25.9. The van der Waals surface area contributed by atoms with Crippen LogP contribution in [0.25, 0.3) is 0 Å². The molecule has 0 radical (unpaired) electrons. The standard InChI is InChI=1S/C28H45ClN3O8P/c1-4-39-41(38,40-5-2)27(35)23(15-16-25(33)32(3)18-17-21-13-9-10-14-22(21)29)30-26(34)24(31-28(36)37)19-20-11-7-6-8-12-20/h9-10,13-14,20,23-24,27,31,35H,4-8,11-12,15-19H2,1-3H3,(H,30,34)(H,36,37). The second-order valence-electron chi connectivity index (χ2n) is 10.3. The summed E-state index contributed by atoms with van der Waals surface area (Å²) in [5, 5.41) is 26.1. The number of aliphatic hydroxyl groups is 1. The number of hydrogen-bond acceptors (Lipinski definition) is 7. The first-order valence-electron chi connectivity index (χ1n) is 14.3. The van der Waals surface area contributed by atoms with Crippen LogP contribution < -0.4 is 10.6 Å². The van der Waals surface area contributed by atoms with E-state index < -0.39 is 37.5 Å². The molecule has 0 aliphatic heterocycles. The molecular formula is C28H45ClN3O8P. The molecule has 0 spiro atoms. The molecule has 1 aromatic rings. The van der Waals surface area contributed by atoms with Gasteiger partial charge in [-0.25, -0.2) is 4.79 Å². The fraction of sp³-hybridized carbons (Fsp3) is 0.679. The molecule has 4 N–H and O–H groups in total. The van der Waals surface area contributed by atoms with E-state index in [0.717, 1.165) is 37.7 Å². The van der Waals surface area contributed by atoms with E-state index in [1.165, 1.54) is 4.90 Å². The molecule has 1 fully saturated rings. The Labute approximate surface area is 247 Å². The van der Waals surface area contributed by atoms with Gasteiger partial charge in [0.05, 0.1) is 19.3 Å². The monoisotopic (exact) mass is 617 g/mol. The fourth-order valence-electron chi connectivity index (χ4n) is 5.07. The van der Waals surface area contributed by atoms with Crippen LogP contribution in [-0.2, 0) is 29.6 Å². The first-order chi connectivity index (χ1) is 19.5. The van der Waals surface area contributed by atoms with Gasteiger partial charge in [-0.1, -0.05) is 61.9 Å². The summed E-state index contributed by atoms with van der Waals surface area (Å²) in [5.41, 5.74) is 0.902. The number of halogens is 1. The molecule has 2 rings (SSSR count). The van der Waals surface area contributed by atoms with Gasteiger partial charge in [-0.3, -0.25) is 14.2 Å². The van der Waals surface area contributed by atoms with E-state index in [-0.39, 0.29) is 37.9 Å². The van der Waals surface area contributed by atoms with Gasteiger partial charge in [-0.15, -0.1) is 0 Å². The zero-order chi connectivity index (χ0) is 30.4. The maximum atomic E-state index is 13.4. The molecule has 0 saturated heterocycles.